The number of aryl methyl sites for hydroxylation is 1. The zero-order valence-corrected chi connectivity index (χ0v) is 8.59. The van der Waals surface area contributed by atoms with Crippen LogP contribution in [0.15, 0.2) is 12.7 Å². The Balaban J connectivity index is 1.76. The molecular formula is C9H15N5O. The fraction of sp³-hybridized carbons (Fsp3) is 0.667. The highest BCUT2D eigenvalue weighted by atomic mass is 16.2. The van der Waals surface area contributed by atoms with Crippen LogP contribution in [0, 0.1) is 0 Å². The minimum atomic E-state index is 0.201. The first-order valence-electron chi connectivity index (χ1n) is 5.17. The molecule has 1 fully saturated rings. The number of rotatable bonds is 3. The predicted molar refractivity (Wildman–Crippen MR) is 54.1 cm³/mol. The Bertz CT molecular complexity index is 304. The van der Waals surface area contributed by atoms with Crippen LogP contribution in [0.5, 0.6) is 0 Å². The van der Waals surface area contributed by atoms with Gasteiger partial charge in [0.25, 0.3) is 0 Å². The zero-order chi connectivity index (χ0) is 10.5. The van der Waals surface area contributed by atoms with Gasteiger partial charge in [0.15, 0.2) is 0 Å². The van der Waals surface area contributed by atoms with E-state index in [0.29, 0.717) is 13.0 Å². The quantitative estimate of drug-likeness (QED) is 0.700. The van der Waals surface area contributed by atoms with Gasteiger partial charge in [-0.25, -0.2) is 4.98 Å². The van der Waals surface area contributed by atoms with Crippen LogP contribution in [0.3, 0.4) is 0 Å². The molecule has 0 saturated carbocycles. The summed E-state index contributed by atoms with van der Waals surface area (Å²) in [6.07, 6.45) is 3.61. The van der Waals surface area contributed by atoms with Gasteiger partial charge in [-0.05, 0) is 0 Å². The van der Waals surface area contributed by atoms with Crippen LogP contribution in [0.2, 0.25) is 0 Å². The summed E-state index contributed by atoms with van der Waals surface area (Å²) < 4.78 is 1.68. The van der Waals surface area contributed by atoms with Gasteiger partial charge < -0.3 is 10.2 Å². The third-order valence-corrected chi connectivity index (χ3v) is 2.49. The summed E-state index contributed by atoms with van der Waals surface area (Å²) in [5.74, 6) is 0.201. The molecule has 6 heteroatoms. The molecule has 1 amide bonds. The standard InChI is InChI=1S/C9H15N5O/c15-9(13-5-2-10-3-6-13)1-4-14-8-11-7-12-14/h7-8,10H,1-6H2. The molecule has 82 valence electrons. The molecule has 6 nitrogen and oxygen atoms in total. The predicted octanol–water partition coefficient (Wildman–Crippen LogP) is -0.900. The van der Waals surface area contributed by atoms with Gasteiger partial charge in [0.05, 0.1) is 6.54 Å². The molecule has 1 aromatic rings. The second kappa shape index (κ2) is 4.88. The SMILES string of the molecule is O=C(CCn1cncn1)N1CCNCC1. The molecule has 0 unspecified atom stereocenters. The molecule has 1 aliphatic rings. The number of nitrogens with one attached hydrogen (secondary N) is 1. The number of piperazine rings is 1. The van der Waals surface area contributed by atoms with Crippen molar-refractivity contribution in [3.05, 3.63) is 12.7 Å². The van der Waals surface area contributed by atoms with Crippen molar-refractivity contribution >= 4 is 5.91 Å². The van der Waals surface area contributed by atoms with Crippen LogP contribution in [0.1, 0.15) is 6.42 Å². The lowest BCUT2D eigenvalue weighted by Gasteiger charge is -2.27. The van der Waals surface area contributed by atoms with Gasteiger partial charge in [-0.15, -0.1) is 0 Å². The summed E-state index contributed by atoms with van der Waals surface area (Å²) in [5.41, 5.74) is 0. The van der Waals surface area contributed by atoms with Crippen molar-refractivity contribution in [1.82, 2.24) is 25.0 Å². The largest absolute Gasteiger partial charge is 0.340 e. The van der Waals surface area contributed by atoms with E-state index in [0.717, 1.165) is 26.2 Å². The molecule has 0 spiro atoms. The molecule has 15 heavy (non-hydrogen) atoms. The van der Waals surface area contributed by atoms with E-state index in [1.54, 1.807) is 11.0 Å². The number of hydrogen-bond acceptors (Lipinski definition) is 4. The molecule has 1 aliphatic heterocycles. The van der Waals surface area contributed by atoms with Crippen LogP contribution in [-0.2, 0) is 11.3 Å². The minimum absolute atomic E-state index is 0.201. The number of nitrogens with zero attached hydrogens (tertiary/aromatic N) is 4. The lowest BCUT2D eigenvalue weighted by Crippen LogP contribution is -2.46. The van der Waals surface area contributed by atoms with E-state index in [1.165, 1.54) is 6.33 Å². The van der Waals surface area contributed by atoms with Crippen LogP contribution >= 0.6 is 0 Å². The molecule has 0 aliphatic carbocycles. The smallest absolute Gasteiger partial charge is 0.224 e. The van der Waals surface area contributed by atoms with E-state index in [2.05, 4.69) is 15.4 Å². The highest BCUT2D eigenvalue weighted by Gasteiger charge is 2.15. The van der Waals surface area contributed by atoms with E-state index < -0.39 is 0 Å². The fourth-order valence-electron chi connectivity index (χ4n) is 1.63. The summed E-state index contributed by atoms with van der Waals surface area (Å²) in [6, 6.07) is 0. The number of aromatic nitrogens is 3. The van der Waals surface area contributed by atoms with Gasteiger partial charge in [0, 0.05) is 32.6 Å². The van der Waals surface area contributed by atoms with E-state index in [1.807, 2.05) is 4.90 Å². The maximum Gasteiger partial charge on any atom is 0.224 e. The first-order valence-corrected chi connectivity index (χ1v) is 5.17. The number of carbonyl (C=O) groups excluding carboxylic acids is 1. The lowest BCUT2D eigenvalue weighted by atomic mass is 10.3. The topological polar surface area (TPSA) is 63.1 Å². The summed E-state index contributed by atoms with van der Waals surface area (Å²) in [6.45, 7) is 4.04. The molecule has 0 atom stereocenters. The monoisotopic (exact) mass is 209 g/mol. The molecule has 2 heterocycles. The minimum Gasteiger partial charge on any atom is -0.340 e. The Morgan fingerprint density at radius 1 is 1.40 bits per heavy atom. The molecule has 1 aromatic heterocycles. The molecule has 2 rings (SSSR count). The van der Waals surface area contributed by atoms with Gasteiger partial charge in [0.1, 0.15) is 12.7 Å². The van der Waals surface area contributed by atoms with Crippen LogP contribution in [-0.4, -0.2) is 51.8 Å². The molecule has 0 bridgehead atoms. The molecular weight excluding hydrogens is 194 g/mol. The van der Waals surface area contributed by atoms with Crippen molar-refractivity contribution in [3.63, 3.8) is 0 Å². The van der Waals surface area contributed by atoms with Crippen molar-refractivity contribution in [2.24, 2.45) is 0 Å². The Morgan fingerprint density at radius 3 is 2.87 bits per heavy atom. The van der Waals surface area contributed by atoms with Crippen molar-refractivity contribution < 1.29 is 4.79 Å². The Hall–Kier alpha value is -1.43. The van der Waals surface area contributed by atoms with Gasteiger partial charge in [-0.3, -0.25) is 9.48 Å². The van der Waals surface area contributed by atoms with Crippen molar-refractivity contribution in [3.8, 4) is 0 Å². The molecule has 0 radical (unpaired) electrons. The van der Waals surface area contributed by atoms with Crippen molar-refractivity contribution in [1.29, 1.82) is 0 Å². The zero-order valence-electron chi connectivity index (χ0n) is 8.59. The molecule has 0 aromatic carbocycles. The lowest BCUT2D eigenvalue weighted by molar-refractivity contribution is -0.132. The van der Waals surface area contributed by atoms with E-state index in [-0.39, 0.29) is 5.91 Å². The number of amides is 1. The normalized spacial score (nSPS) is 16.7. The Labute approximate surface area is 88.3 Å². The van der Waals surface area contributed by atoms with Gasteiger partial charge >= 0.3 is 0 Å². The second-order valence-corrected chi connectivity index (χ2v) is 3.54. The Kier molecular flexibility index (Phi) is 3.29. The summed E-state index contributed by atoms with van der Waals surface area (Å²) in [7, 11) is 0. The highest BCUT2D eigenvalue weighted by Crippen LogP contribution is 1.98. The first kappa shape index (κ1) is 10.1. The average Bonchev–Trinajstić information content (AvgIpc) is 2.80. The van der Waals surface area contributed by atoms with Gasteiger partial charge in [-0.1, -0.05) is 0 Å². The van der Waals surface area contributed by atoms with E-state index in [9.17, 15) is 4.79 Å². The Morgan fingerprint density at radius 2 is 2.20 bits per heavy atom. The third kappa shape index (κ3) is 2.76. The maximum absolute atomic E-state index is 11.7. The fourth-order valence-corrected chi connectivity index (χ4v) is 1.63. The van der Waals surface area contributed by atoms with Gasteiger partial charge in [0.2, 0.25) is 5.91 Å². The van der Waals surface area contributed by atoms with Crippen LogP contribution in [0.25, 0.3) is 0 Å². The number of hydrogen-bond donors (Lipinski definition) is 1. The van der Waals surface area contributed by atoms with E-state index >= 15 is 0 Å². The molecule has 1 N–H and O–H groups in total. The number of carbonyl (C=O) groups is 1. The third-order valence-electron chi connectivity index (χ3n) is 2.49. The second-order valence-electron chi connectivity index (χ2n) is 3.54. The van der Waals surface area contributed by atoms with Crippen LogP contribution < -0.4 is 5.32 Å². The highest BCUT2D eigenvalue weighted by molar-refractivity contribution is 5.76. The van der Waals surface area contributed by atoms with Gasteiger partial charge in [-0.2, -0.15) is 5.10 Å². The molecule has 1 saturated heterocycles. The summed E-state index contributed by atoms with van der Waals surface area (Å²) >= 11 is 0. The summed E-state index contributed by atoms with van der Waals surface area (Å²) in [4.78, 5) is 17.5. The van der Waals surface area contributed by atoms with Crippen LogP contribution in [0.4, 0.5) is 0 Å². The first-order chi connectivity index (χ1) is 7.36. The van der Waals surface area contributed by atoms with Crippen molar-refractivity contribution in [2.45, 2.75) is 13.0 Å². The van der Waals surface area contributed by atoms with Crippen molar-refractivity contribution in [2.75, 3.05) is 26.2 Å². The maximum atomic E-state index is 11.7. The summed E-state index contributed by atoms with van der Waals surface area (Å²) in [5, 5.41) is 7.17. The van der Waals surface area contributed by atoms with E-state index in [4.69, 9.17) is 0 Å². The average molecular weight is 209 g/mol.